The first-order valence-corrected chi connectivity index (χ1v) is 7.82. The summed E-state index contributed by atoms with van der Waals surface area (Å²) in [5, 5.41) is 9.93. The first-order valence-electron chi connectivity index (χ1n) is 7.03. The fourth-order valence-electron chi connectivity index (χ4n) is 3.30. The maximum atomic E-state index is 12.1. The molecule has 3 rings (SSSR count). The van der Waals surface area contributed by atoms with E-state index in [9.17, 15) is 9.90 Å². The third kappa shape index (κ3) is 2.60. The Morgan fingerprint density at radius 2 is 2.14 bits per heavy atom. The second-order valence-electron chi connectivity index (χ2n) is 5.59. The third-order valence-corrected chi connectivity index (χ3v) is 4.69. The normalized spacial score (nSPS) is 20.8. The lowest BCUT2D eigenvalue weighted by molar-refractivity contribution is -0.144. The quantitative estimate of drug-likeness (QED) is 0.921. The Labute approximate surface area is 132 Å². The molecule has 1 aliphatic carbocycles. The van der Waals surface area contributed by atoms with E-state index < -0.39 is 11.4 Å². The van der Waals surface area contributed by atoms with Crippen LogP contribution >= 0.6 is 15.9 Å². The molecule has 0 saturated heterocycles. The molecule has 21 heavy (non-hydrogen) atoms. The summed E-state index contributed by atoms with van der Waals surface area (Å²) in [6, 6.07) is 9.88. The summed E-state index contributed by atoms with van der Waals surface area (Å²) in [7, 11) is 0. The average Bonchev–Trinajstić information content (AvgIpc) is 2.47. The van der Waals surface area contributed by atoms with Gasteiger partial charge in [0.25, 0.3) is 0 Å². The minimum Gasteiger partial charge on any atom is -0.481 e. The van der Waals surface area contributed by atoms with Gasteiger partial charge in [0.15, 0.2) is 0 Å². The van der Waals surface area contributed by atoms with Gasteiger partial charge >= 0.3 is 5.97 Å². The van der Waals surface area contributed by atoms with Crippen LogP contribution in [-0.2, 0) is 23.1 Å². The number of benzene rings is 1. The van der Waals surface area contributed by atoms with Crippen molar-refractivity contribution in [1.82, 2.24) is 4.98 Å². The number of nitrogens with zero attached hydrogens (tertiary/aromatic N) is 1. The molecule has 4 heteroatoms. The van der Waals surface area contributed by atoms with Crippen molar-refractivity contribution in [2.75, 3.05) is 0 Å². The molecule has 2 aromatic rings. The monoisotopic (exact) mass is 345 g/mol. The molecule has 0 spiro atoms. The van der Waals surface area contributed by atoms with E-state index in [0.717, 1.165) is 34.0 Å². The first kappa shape index (κ1) is 14.3. The number of halogens is 1. The summed E-state index contributed by atoms with van der Waals surface area (Å²) in [5.74, 6) is -0.741. The van der Waals surface area contributed by atoms with Crippen LogP contribution in [0.1, 0.15) is 29.5 Å². The molecule has 1 aromatic heterocycles. The van der Waals surface area contributed by atoms with E-state index in [4.69, 9.17) is 0 Å². The molecule has 0 radical (unpaired) electrons. The largest absolute Gasteiger partial charge is 0.481 e. The molecule has 1 atom stereocenters. The van der Waals surface area contributed by atoms with Crippen LogP contribution in [-0.4, -0.2) is 16.1 Å². The van der Waals surface area contributed by atoms with E-state index in [-0.39, 0.29) is 0 Å². The van der Waals surface area contributed by atoms with Crippen LogP contribution < -0.4 is 0 Å². The van der Waals surface area contributed by atoms with Gasteiger partial charge in [0.1, 0.15) is 0 Å². The Morgan fingerprint density at radius 1 is 1.33 bits per heavy atom. The number of fused-ring (bicyclic) bond motifs is 1. The summed E-state index contributed by atoms with van der Waals surface area (Å²) < 4.78 is 0.879. The van der Waals surface area contributed by atoms with Gasteiger partial charge in [-0.1, -0.05) is 24.3 Å². The Bertz CT molecular complexity index is 686. The molecule has 0 fully saturated rings. The SMILES string of the molecule is O=C(O)C1(Cc2cncc(Br)c2)CCCc2ccccc21. The van der Waals surface area contributed by atoms with Crippen LogP contribution in [0.4, 0.5) is 0 Å². The summed E-state index contributed by atoms with van der Waals surface area (Å²) >= 11 is 3.40. The number of rotatable bonds is 3. The Kier molecular flexibility index (Phi) is 3.81. The molecular formula is C17H16BrNO2. The predicted molar refractivity (Wildman–Crippen MR) is 84.3 cm³/mol. The van der Waals surface area contributed by atoms with Crippen molar-refractivity contribution in [3.63, 3.8) is 0 Å². The fourth-order valence-corrected chi connectivity index (χ4v) is 3.72. The van der Waals surface area contributed by atoms with Crippen molar-refractivity contribution in [3.05, 3.63) is 63.9 Å². The maximum Gasteiger partial charge on any atom is 0.314 e. The predicted octanol–water partition coefficient (Wildman–Crippen LogP) is 3.75. The van der Waals surface area contributed by atoms with E-state index in [1.807, 2.05) is 30.3 Å². The van der Waals surface area contributed by atoms with Crippen LogP contribution in [0, 0.1) is 0 Å². The minimum atomic E-state index is -0.836. The lowest BCUT2D eigenvalue weighted by Crippen LogP contribution is -2.41. The van der Waals surface area contributed by atoms with E-state index in [0.29, 0.717) is 12.8 Å². The standard InChI is InChI=1S/C17H16BrNO2/c18-14-8-12(10-19-11-14)9-17(16(20)21)7-3-5-13-4-1-2-6-15(13)17/h1-2,4,6,8,10-11H,3,5,7,9H2,(H,20,21). The molecule has 1 N–H and O–H groups in total. The summed E-state index contributed by atoms with van der Waals surface area (Å²) in [6.07, 6.45) is 6.49. The van der Waals surface area contributed by atoms with Crippen molar-refractivity contribution in [3.8, 4) is 0 Å². The molecule has 3 nitrogen and oxygen atoms in total. The molecule has 0 amide bonds. The number of carboxylic acids is 1. The van der Waals surface area contributed by atoms with Crippen LogP contribution in [0.5, 0.6) is 0 Å². The van der Waals surface area contributed by atoms with Gasteiger partial charge in [-0.05, 0) is 64.4 Å². The molecule has 1 aromatic carbocycles. The van der Waals surface area contributed by atoms with Gasteiger partial charge in [-0.15, -0.1) is 0 Å². The van der Waals surface area contributed by atoms with Gasteiger partial charge in [-0.3, -0.25) is 9.78 Å². The molecule has 0 saturated carbocycles. The van der Waals surface area contributed by atoms with Crippen molar-refractivity contribution in [1.29, 1.82) is 0 Å². The Balaban J connectivity index is 2.08. The maximum absolute atomic E-state index is 12.1. The highest BCUT2D eigenvalue weighted by Crippen LogP contribution is 2.40. The van der Waals surface area contributed by atoms with Crippen molar-refractivity contribution in [2.45, 2.75) is 31.1 Å². The summed E-state index contributed by atoms with van der Waals surface area (Å²) in [4.78, 5) is 16.3. The number of hydrogen-bond donors (Lipinski definition) is 1. The van der Waals surface area contributed by atoms with Gasteiger partial charge < -0.3 is 5.11 Å². The van der Waals surface area contributed by atoms with Crippen LogP contribution in [0.25, 0.3) is 0 Å². The van der Waals surface area contributed by atoms with Crippen molar-refractivity contribution < 1.29 is 9.90 Å². The summed E-state index contributed by atoms with van der Waals surface area (Å²) in [6.45, 7) is 0. The number of aromatic nitrogens is 1. The molecule has 108 valence electrons. The molecule has 1 heterocycles. The zero-order valence-electron chi connectivity index (χ0n) is 11.6. The molecule has 0 bridgehead atoms. The second-order valence-corrected chi connectivity index (χ2v) is 6.50. The highest BCUT2D eigenvalue weighted by atomic mass is 79.9. The Morgan fingerprint density at radius 3 is 2.90 bits per heavy atom. The number of hydrogen-bond acceptors (Lipinski definition) is 2. The first-order chi connectivity index (χ1) is 10.1. The van der Waals surface area contributed by atoms with Crippen molar-refractivity contribution >= 4 is 21.9 Å². The smallest absolute Gasteiger partial charge is 0.314 e. The zero-order chi connectivity index (χ0) is 14.9. The average molecular weight is 346 g/mol. The van der Waals surface area contributed by atoms with Gasteiger partial charge in [0.05, 0.1) is 5.41 Å². The lowest BCUT2D eigenvalue weighted by Gasteiger charge is -2.35. The van der Waals surface area contributed by atoms with Crippen LogP contribution in [0.2, 0.25) is 0 Å². The number of pyridine rings is 1. The van der Waals surface area contributed by atoms with Gasteiger partial charge in [-0.25, -0.2) is 0 Å². The molecule has 1 aliphatic rings. The number of aliphatic carboxylic acids is 1. The number of carboxylic acid groups (broad SMARTS) is 1. The van der Waals surface area contributed by atoms with Crippen LogP contribution in [0.3, 0.4) is 0 Å². The van der Waals surface area contributed by atoms with E-state index in [2.05, 4.69) is 20.9 Å². The van der Waals surface area contributed by atoms with E-state index >= 15 is 0 Å². The van der Waals surface area contributed by atoms with E-state index in [1.54, 1.807) is 12.4 Å². The van der Waals surface area contributed by atoms with Gasteiger partial charge in [0.2, 0.25) is 0 Å². The summed E-state index contributed by atoms with van der Waals surface area (Å²) in [5.41, 5.74) is 2.23. The topological polar surface area (TPSA) is 50.2 Å². The Hall–Kier alpha value is -1.68. The molecule has 0 aliphatic heterocycles. The number of carbonyl (C=O) groups is 1. The van der Waals surface area contributed by atoms with Gasteiger partial charge in [-0.2, -0.15) is 0 Å². The fraction of sp³-hybridized carbons (Fsp3) is 0.294. The third-order valence-electron chi connectivity index (χ3n) is 4.26. The minimum absolute atomic E-state index is 0.478. The zero-order valence-corrected chi connectivity index (χ0v) is 13.1. The van der Waals surface area contributed by atoms with Crippen LogP contribution in [0.15, 0.2) is 47.2 Å². The lowest BCUT2D eigenvalue weighted by atomic mass is 9.67. The molecular weight excluding hydrogens is 330 g/mol. The van der Waals surface area contributed by atoms with Gasteiger partial charge in [0, 0.05) is 16.9 Å². The molecule has 1 unspecified atom stereocenters. The van der Waals surface area contributed by atoms with E-state index in [1.165, 1.54) is 0 Å². The number of aryl methyl sites for hydroxylation is 1. The highest BCUT2D eigenvalue weighted by molar-refractivity contribution is 9.10. The second kappa shape index (κ2) is 5.60. The highest BCUT2D eigenvalue weighted by Gasteiger charge is 2.43. The van der Waals surface area contributed by atoms with Crippen molar-refractivity contribution in [2.24, 2.45) is 0 Å².